The Labute approximate surface area is 173 Å². The third kappa shape index (κ3) is 5.13. The summed E-state index contributed by atoms with van der Waals surface area (Å²) in [6, 6.07) is 17.3. The molecule has 3 rings (SSSR count). The van der Waals surface area contributed by atoms with Gasteiger partial charge in [-0.15, -0.1) is 5.73 Å². The monoisotopic (exact) mass is 387 g/mol. The Bertz CT molecular complexity index is 938. The smallest absolute Gasteiger partial charge is 0.261 e. The zero-order valence-corrected chi connectivity index (χ0v) is 17.8. The summed E-state index contributed by atoms with van der Waals surface area (Å²) in [6.45, 7) is 9.22. The summed E-state index contributed by atoms with van der Waals surface area (Å²) >= 11 is 0. The Hall–Kier alpha value is -2.90. The van der Waals surface area contributed by atoms with Gasteiger partial charge in [0.2, 0.25) is 0 Å². The van der Waals surface area contributed by atoms with Crippen molar-refractivity contribution in [3.63, 3.8) is 0 Å². The van der Waals surface area contributed by atoms with Crippen molar-refractivity contribution in [1.29, 1.82) is 0 Å². The maximum absolute atomic E-state index is 12.6. The molecule has 0 saturated carbocycles. The molecule has 2 amide bonds. The van der Waals surface area contributed by atoms with Gasteiger partial charge in [0.05, 0.1) is 11.1 Å². The lowest BCUT2D eigenvalue weighted by Crippen LogP contribution is -2.30. The van der Waals surface area contributed by atoms with Crippen LogP contribution in [0, 0.1) is 5.41 Å². The van der Waals surface area contributed by atoms with E-state index in [2.05, 4.69) is 45.6 Å². The van der Waals surface area contributed by atoms with Crippen molar-refractivity contribution in [2.24, 2.45) is 5.41 Å². The van der Waals surface area contributed by atoms with E-state index in [9.17, 15) is 9.59 Å². The number of hydrogen-bond donors (Lipinski definition) is 0. The van der Waals surface area contributed by atoms with Gasteiger partial charge in [0.25, 0.3) is 11.8 Å². The van der Waals surface area contributed by atoms with Crippen LogP contribution in [-0.2, 0) is 0 Å². The second-order valence-corrected chi connectivity index (χ2v) is 8.90. The quantitative estimate of drug-likeness (QED) is 0.442. The second-order valence-electron chi connectivity index (χ2n) is 8.90. The summed E-state index contributed by atoms with van der Waals surface area (Å²) in [5.74, 6) is -0.370. The minimum atomic E-state index is -0.185. The topological polar surface area (TPSA) is 37.4 Å². The third-order valence-electron chi connectivity index (χ3n) is 4.97. The predicted octanol–water partition coefficient (Wildman–Crippen LogP) is 6.13. The Balaban J connectivity index is 1.76. The molecule has 0 N–H and O–H groups in total. The van der Waals surface area contributed by atoms with Crippen molar-refractivity contribution in [3.8, 4) is 0 Å². The normalized spacial score (nSPS) is 13.3. The molecule has 150 valence electrons. The van der Waals surface area contributed by atoms with Gasteiger partial charge in [0.15, 0.2) is 0 Å². The lowest BCUT2D eigenvalue weighted by molar-refractivity contribution is 0.0653. The van der Waals surface area contributed by atoms with Crippen LogP contribution >= 0.6 is 0 Å². The van der Waals surface area contributed by atoms with E-state index in [4.69, 9.17) is 0 Å². The summed E-state index contributed by atoms with van der Waals surface area (Å²) in [7, 11) is 0. The molecule has 0 unspecified atom stereocenters. The molecule has 0 bridgehead atoms. The Kier molecular flexibility index (Phi) is 6.20. The summed E-state index contributed by atoms with van der Waals surface area (Å²) in [6.07, 6.45) is 2.45. The van der Waals surface area contributed by atoms with E-state index < -0.39 is 0 Å². The van der Waals surface area contributed by atoms with E-state index >= 15 is 0 Å². The van der Waals surface area contributed by atoms with Crippen molar-refractivity contribution in [1.82, 2.24) is 4.90 Å². The third-order valence-corrected chi connectivity index (χ3v) is 4.97. The maximum Gasteiger partial charge on any atom is 0.261 e. The number of amides is 2. The Morgan fingerprint density at radius 1 is 0.897 bits per heavy atom. The molecule has 3 heteroatoms. The van der Waals surface area contributed by atoms with E-state index in [1.54, 1.807) is 24.3 Å². The van der Waals surface area contributed by atoms with Crippen LogP contribution in [0.3, 0.4) is 0 Å². The summed E-state index contributed by atoms with van der Waals surface area (Å²) in [5, 5.41) is 0. The van der Waals surface area contributed by atoms with E-state index in [0.29, 0.717) is 24.1 Å². The summed E-state index contributed by atoms with van der Waals surface area (Å²) in [5.41, 5.74) is 8.32. The number of benzene rings is 2. The van der Waals surface area contributed by atoms with Gasteiger partial charge in [0.1, 0.15) is 0 Å². The van der Waals surface area contributed by atoms with E-state index in [1.165, 1.54) is 10.5 Å². The van der Waals surface area contributed by atoms with Crippen LogP contribution in [0.1, 0.15) is 73.2 Å². The second kappa shape index (κ2) is 8.63. The minimum Gasteiger partial charge on any atom is -0.274 e. The molecular weight excluding hydrogens is 358 g/mol. The lowest BCUT2D eigenvalue weighted by atomic mass is 9.88. The first-order valence-corrected chi connectivity index (χ1v) is 10.2. The zero-order chi connectivity index (χ0) is 21.0. The highest BCUT2D eigenvalue weighted by Gasteiger charge is 2.34. The average molecular weight is 388 g/mol. The van der Waals surface area contributed by atoms with Gasteiger partial charge < -0.3 is 0 Å². The maximum atomic E-state index is 12.6. The SMILES string of the molecule is CC(=C=C(CCCN1C(=O)c2ccccc2C1=O)c1ccccc1)CC(C)(C)C. The zero-order valence-electron chi connectivity index (χ0n) is 17.8. The standard InChI is InChI=1S/C26H29NO2/c1-19(18-26(2,3)4)17-21(20-11-6-5-7-12-20)13-10-16-27-24(28)22-14-8-9-15-23(22)25(27)29/h5-9,11-12,14-15H,10,13,16,18H2,1-4H3. The van der Waals surface area contributed by atoms with Crippen LogP contribution in [0.15, 0.2) is 65.9 Å². The van der Waals surface area contributed by atoms with Crippen molar-refractivity contribution in [2.45, 2.75) is 47.0 Å². The van der Waals surface area contributed by atoms with Gasteiger partial charge in [0, 0.05) is 12.1 Å². The number of carbonyl (C=O) groups is 2. The first-order chi connectivity index (χ1) is 13.8. The van der Waals surface area contributed by atoms with Crippen molar-refractivity contribution in [3.05, 3.63) is 82.6 Å². The largest absolute Gasteiger partial charge is 0.274 e. The first kappa shape index (κ1) is 20.8. The number of rotatable bonds is 6. The molecule has 1 heterocycles. The Morgan fingerprint density at radius 2 is 1.45 bits per heavy atom. The van der Waals surface area contributed by atoms with Crippen LogP contribution in [0.4, 0.5) is 0 Å². The number of hydrogen-bond acceptors (Lipinski definition) is 2. The predicted molar refractivity (Wildman–Crippen MR) is 118 cm³/mol. The van der Waals surface area contributed by atoms with Gasteiger partial charge in [-0.1, -0.05) is 63.2 Å². The van der Waals surface area contributed by atoms with Crippen LogP contribution < -0.4 is 0 Å². The molecule has 0 fully saturated rings. The molecule has 0 spiro atoms. The van der Waals surface area contributed by atoms with Gasteiger partial charge in [-0.2, -0.15) is 0 Å². The van der Waals surface area contributed by atoms with Crippen molar-refractivity contribution in [2.75, 3.05) is 6.54 Å². The number of imide groups is 1. The summed E-state index contributed by atoms with van der Waals surface area (Å²) in [4.78, 5) is 26.5. The molecule has 29 heavy (non-hydrogen) atoms. The highest BCUT2D eigenvalue weighted by atomic mass is 16.2. The van der Waals surface area contributed by atoms with E-state index in [0.717, 1.165) is 24.0 Å². The molecule has 0 aromatic heterocycles. The average Bonchev–Trinajstić information content (AvgIpc) is 2.91. The molecule has 1 aliphatic rings. The van der Waals surface area contributed by atoms with Gasteiger partial charge in [-0.05, 0) is 54.9 Å². The molecular formula is C26H29NO2. The molecule has 0 atom stereocenters. The molecule has 0 radical (unpaired) electrons. The number of allylic oxidation sites excluding steroid dienone is 1. The lowest BCUT2D eigenvalue weighted by Gasteiger charge is -2.17. The first-order valence-electron chi connectivity index (χ1n) is 10.2. The fraction of sp³-hybridized carbons (Fsp3) is 0.346. The molecule has 2 aromatic carbocycles. The molecule has 0 aliphatic carbocycles. The van der Waals surface area contributed by atoms with Crippen molar-refractivity contribution >= 4 is 17.4 Å². The molecule has 1 aliphatic heterocycles. The molecule has 2 aromatic rings. The van der Waals surface area contributed by atoms with Crippen molar-refractivity contribution < 1.29 is 9.59 Å². The van der Waals surface area contributed by atoms with Crippen LogP contribution in [-0.4, -0.2) is 23.3 Å². The number of fused-ring (bicyclic) bond motifs is 1. The molecule has 0 saturated heterocycles. The highest BCUT2D eigenvalue weighted by Crippen LogP contribution is 2.27. The van der Waals surface area contributed by atoms with Gasteiger partial charge in [-0.25, -0.2) is 0 Å². The number of carbonyl (C=O) groups excluding carboxylic acids is 2. The molecule has 3 nitrogen and oxygen atoms in total. The fourth-order valence-electron chi connectivity index (χ4n) is 3.87. The van der Waals surface area contributed by atoms with Gasteiger partial charge in [-0.3, -0.25) is 14.5 Å². The van der Waals surface area contributed by atoms with Crippen LogP contribution in [0.2, 0.25) is 0 Å². The highest BCUT2D eigenvalue weighted by molar-refractivity contribution is 6.21. The minimum absolute atomic E-state index is 0.185. The van der Waals surface area contributed by atoms with Crippen LogP contribution in [0.25, 0.3) is 5.57 Å². The number of nitrogens with zero attached hydrogens (tertiary/aromatic N) is 1. The van der Waals surface area contributed by atoms with Gasteiger partial charge >= 0.3 is 0 Å². The summed E-state index contributed by atoms with van der Waals surface area (Å²) < 4.78 is 0. The fourth-order valence-corrected chi connectivity index (χ4v) is 3.87. The van der Waals surface area contributed by atoms with E-state index in [1.807, 2.05) is 18.2 Å². The van der Waals surface area contributed by atoms with Crippen LogP contribution in [0.5, 0.6) is 0 Å². The Morgan fingerprint density at radius 3 is 2.00 bits per heavy atom. The van der Waals surface area contributed by atoms with E-state index in [-0.39, 0.29) is 17.2 Å².